The fourth-order valence-corrected chi connectivity index (χ4v) is 4.31. The van der Waals surface area contributed by atoms with E-state index in [1.807, 2.05) is 0 Å². The largest absolute Gasteiger partial charge is 0.419 e. The highest BCUT2D eigenvalue weighted by Crippen LogP contribution is 2.41. The Morgan fingerprint density at radius 3 is 2.21 bits per heavy atom. The maximum atomic E-state index is 14.5. The van der Waals surface area contributed by atoms with E-state index in [9.17, 15) is 31.5 Å². The van der Waals surface area contributed by atoms with Crippen LogP contribution < -0.4 is 15.4 Å². The molecule has 0 radical (unpaired) electrons. The van der Waals surface area contributed by atoms with Gasteiger partial charge in [0, 0.05) is 17.4 Å². The number of anilines is 3. The van der Waals surface area contributed by atoms with Gasteiger partial charge in [-0.25, -0.2) is 8.78 Å². The number of halogens is 6. The molecule has 3 aromatic rings. The zero-order valence-corrected chi connectivity index (χ0v) is 18.6. The molecule has 0 unspecified atom stereocenters. The molecule has 0 N–H and O–H groups in total. The maximum Gasteiger partial charge on any atom is 0.419 e. The second kappa shape index (κ2) is 8.43. The number of aryl methyl sites for hydroxylation is 1. The predicted molar refractivity (Wildman–Crippen MR) is 118 cm³/mol. The smallest absolute Gasteiger partial charge is 0.322 e. The van der Waals surface area contributed by atoms with Crippen molar-refractivity contribution in [3.63, 3.8) is 0 Å². The fraction of sp³-hybridized carbons (Fsp3) is 0.217. The van der Waals surface area contributed by atoms with Gasteiger partial charge in [-0.1, -0.05) is 0 Å². The first-order chi connectivity index (χ1) is 15.9. The second-order valence-electron chi connectivity index (χ2n) is 7.77. The molecule has 1 amide bonds. The summed E-state index contributed by atoms with van der Waals surface area (Å²) in [4.78, 5) is 28.1. The number of benzene rings is 2. The predicted octanol–water partition coefficient (Wildman–Crippen LogP) is 5.71. The SMILES string of the molecule is Cc1cc(F)ccc1N1CN(c2ccc(=O)n(CCl)c2C)C(=O)c2cc(C(F)(F)F)c(F)cc21. The zero-order chi connectivity index (χ0) is 24.9. The van der Waals surface area contributed by atoms with Crippen LogP contribution in [0.3, 0.4) is 0 Å². The molecule has 0 fully saturated rings. The normalized spacial score (nSPS) is 13.9. The van der Waals surface area contributed by atoms with Crippen LogP contribution >= 0.6 is 11.6 Å². The highest BCUT2D eigenvalue weighted by atomic mass is 35.5. The molecular formula is C23H17ClF5N3O2. The number of pyridine rings is 1. The van der Waals surface area contributed by atoms with E-state index in [0.717, 1.165) is 6.07 Å². The van der Waals surface area contributed by atoms with Crippen LogP contribution in [0.1, 0.15) is 27.2 Å². The minimum Gasteiger partial charge on any atom is -0.322 e. The molecule has 0 spiro atoms. The van der Waals surface area contributed by atoms with Crippen molar-refractivity contribution in [2.24, 2.45) is 0 Å². The number of nitrogens with zero attached hydrogens (tertiary/aromatic N) is 3. The second-order valence-corrected chi connectivity index (χ2v) is 8.01. The van der Waals surface area contributed by atoms with Crippen LogP contribution in [-0.4, -0.2) is 17.1 Å². The summed E-state index contributed by atoms with van der Waals surface area (Å²) in [6.45, 7) is 2.89. The molecule has 1 aliphatic heterocycles. The molecule has 2 heterocycles. The number of carbonyl (C=O) groups is 1. The molecule has 178 valence electrons. The Bertz CT molecular complexity index is 1370. The number of fused-ring (bicyclic) bond motifs is 1. The lowest BCUT2D eigenvalue weighted by Crippen LogP contribution is -2.46. The summed E-state index contributed by atoms with van der Waals surface area (Å²) in [5, 5.41) is 0. The van der Waals surface area contributed by atoms with E-state index in [4.69, 9.17) is 11.6 Å². The van der Waals surface area contributed by atoms with E-state index >= 15 is 0 Å². The molecule has 0 saturated carbocycles. The van der Waals surface area contributed by atoms with Gasteiger partial charge in [0.2, 0.25) is 0 Å². The summed E-state index contributed by atoms with van der Waals surface area (Å²) in [6.07, 6.45) is -5.03. The Kier molecular flexibility index (Phi) is 5.89. The van der Waals surface area contributed by atoms with Crippen molar-refractivity contribution in [1.82, 2.24) is 4.57 Å². The third-order valence-corrected chi connectivity index (χ3v) is 5.96. The van der Waals surface area contributed by atoms with Gasteiger partial charge in [0.25, 0.3) is 11.5 Å². The quantitative estimate of drug-likeness (QED) is 0.344. The third-order valence-electron chi connectivity index (χ3n) is 5.73. The molecule has 11 heteroatoms. The molecule has 34 heavy (non-hydrogen) atoms. The molecule has 1 aromatic heterocycles. The lowest BCUT2D eigenvalue weighted by molar-refractivity contribution is -0.140. The van der Waals surface area contributed by atoms with Gasteiger partial charge in [-0.2, -0.15) is 13.2 Å². The third kappa shape index (κ3) is 3.91. The Morgan fingerprint density at radius 1 is 0.912 bits per heavy atom. The van der Waals surface area contributed by atoms with Crippen LogP contribution in [0.25, 0.3) is 0 Å². The summed E-state index contributed by atoms with van der Waals surface area (Å²) in [7, 11) is 0. The monoisotopic (exact) mass is 497 g/mol. The van der Waals surface area contributed by atoms with E-state index in [1.165, 1.54) is 38.6 Å². The number of rotatable bonds is 3. The molecule has 0 bridgehead atoms. The first-order valence-electron chi connectivity index (χ1n) is 9.96. The number of aromatic nitrogens is 1. The minimum absolute atomic E-state index is 0.0928. The zero-order valence-electron chi connectivity index (χ0n) is 17.9. The lowest BCUT2D eigenvalue weighted by Gasteiger charge is -2.39. The average molecular weight is 498 g/mol. The van der Waals surface area contributed by atoms with Gasteiger partial charge in [0.05, 0.1) is 22.5 Å². The standard InChI is InChI=1S/C23H17ClF5N3O2/c1-12-7-14(25)3-4-18(12)31-11-32(19-5-6-21(33)30(10-24)13(19)2)22(34)15-8-16(23(27,28)29)17(26)9-20(15)31/h3-9H,10-11H2,1-2H3. The molecule has 0 atom stereocenters. The van der Waals surface area contributed by atoms with E-state index in [0.29, 0.717) is 29.1 Å². The molecule has 0 aliphatic carbocycles. The molecule has 1 aliphatic rings. The number of alkyl halides is 4. The van der Waals surface area contributed by atoms with Gasteiger partial charge < -0.3 is 4.90 Å². The number of carbonyl (C=O) groups excluding carboxylic acids is 1. The van der Waals surface area contributed by atoms with Crippen LogP contribution in [0.5, 0.6) is 0 Å². The van der Waals surface area contributed by atoms with Crippen LogP contribution in [-0.2, 0) is 12.2 Å². The molecular weight excluding hydrogens is 481 g/mol. The summed E-state index contributed by atoms with van der Waals surface area (Å²) >= 11 is 5.86. The molecule has 4 rings (SSSR count). The Morgan fingerprint density at radius 2 is 1.59 bits per heavy atom. The van der Waals surface area contributed by atoms with Crippen molar-refractivity contribution in [2.45, 2.75) is 26.0 Å². The Balaban J connectivity index is 1.98. The van der Waals surface area contributed by atoms with Gasteiger partial charge >= 0.3 is 6.18 Å². The number of amides is 1. The topological polar surface area (TPSA) is 45.5 Å². The maximum absolute atomic E-state index is 14.5. The van der Waals surface area contributed by atoms with Gasteiger partial charge in [-0.15, -0.1) is 11.6 Å². The summed E-state index contributed by atoms with van der Waals surface area (Å²) in [5.41, 5.74) is -1.16. The van der Waals surface area contributed by atoms with Crippen LogP contribution in [0, 0.1) is 25.5 Å². The van der Waals surface area contributed by atoms with Crippen molar-refractivity contribution in [2.75, 3.05) is 16.5 Å². The van der Waals surface area contributed by atoms with Crippen LogP contribution in [0.2, 0.25) is 0 Å². The van der Waals surface area contributed by atoms with Crippen molar-refractivity contribution < 1.29 is 26.7 Å². The first kappa shape index (κ1) is 23.7. The molecule has 0 saturated heterocycles. The molecule has 5 nitrogen and oxygen atoms in total. The van der Waals surface area contributed by atoms with Gasteiger partial charge in [0.1, 0.15) is 24.3 Å². The number of hydrogen-bond acceptors (Lipinski definition) is 3. The number of hydrogen-bond donors (Lipinski definition) is 0. The van der Waals surface area contributed by atoms with Crippen molar-refractivity contribution in [3.8, 4) is 0 Å². The van der Waals surface area contributed by atoms with Gasteiger partial charge in [0.15, 0.2) is 0 Å². The average Bonchev–Trinajstić information content (AvgIpc) is 2.74. The van der Waals surface area contributed by atoms with E-state index in [-0.39, 0.29) is 24.0 Å². The van der Waals surface area contributed by atoms with Gasteiger partial charge in [-0.05, 0) is 55.8 Å². The highest BCUT2D eigenvalue weighted by Gasteiger charge is 2.40. The summed E-state index contributed by atoms with van der Waals surface area (Å²) in [6, 6.07) is 7.24. The van der Waals surface area contributed by atoms with E-state index < -0.39 is 40.4 Å². The van der Waals surface area contributed by atoms with Gasteiger partial charge in [-0.3, -0.25) is 19.1 Å². The van der Waals surface area contributed by atoms with Crippen molar-refractivity contribution >= 4 is 34.6 Å². The summed E-state index contributed by atoms with van der Waals surface area (Å²) in [5.74, 6) is -2.89. The molecule has 2 aromatic carbocycles. The first-order valence-corrected chi connectivity index (χ1v) is 10.5. The lowest BCUT2D eigenvalue weighted by atomic mass is 10.0. The highest BCUT2D eigenvalue weighted by molar-refractivity contribution is 6.15. The van der Waals surface area contributed by atoms with E-state index in [1.54, 1.807) is 13.8 Å². The van der Waals surface area contributed by atoms with Crippen molar-refractivity contribution in [1.29, 1.82) is 0 Å². The fourth-order valence-electron chi connectivity index (χ4n) is 4.01. The van der Waals surface area contributed by atoms with E-state index in [2.05, 4.69) is 0 Å². The van der Waals surface area contributed by atoms with Crippen LogP contribution in [0.4, 0.5) is 39.0 Å². The van der Waals surface area contributed by atoms with Crippen molar-refractivity contribution in [3.05, 3.63) is 86.8 Å². The van der Waals surface area contributed by atoms with Crippen LogP contribution in [0.15, 0.2) is 47.3 Å². The Labute approximate surface area is 195 Å². The summed E-state index contributed by atoms with van der Waals surface area (Å²) < 4.78 is 69.7. The minimum atomic E-state index is -5.03. The Hall–Kier alpha value is -3.40.